The number of aryl methyl sites for hydroxylation is 2. The monoisotopic (exact) mass is 432 g/mol. The van der Waals surface area contributed by atoms with Crippen molar-refractivity contribution in [2.45, 2.75) is 56.2 Å². The average molecular weight is 433 g/mol. The van der Waals surface area contributed by atoms with Crippen LogP contribution in [0.5, 0.6) is 0 Å². The minimum absolute atomic E-state index is 0.0325. The van der Waals surface area contributed by atoms with E-state index in [0.717, 1.165) is 23.7 Å². The molecule has 1 N–H and O–H groups in total. The Balaban J connectivity index is 2.04. The highest BCUT2D eigenvalue weighted by atomic mass is 32.2. The van der Waals surface area contributed by atoms with E-state index in [1.54, 1.807) is 19.9 Å². The molecule has 28 heavy (non-hydrogen) atoms. The summed E-state index contributed by atoms with van der Waals surface area (Å²) in [4.78, 5) is 12.7. The molecule has 0 saturated carbocycles. The van der Waals surface area contributed by atoms with Crippen LogP contribution in [-0.4, -0.2) is 22.1 Å². The van der Waals surface area contributed by atoms with E-state index in [-0.39, 0.29) is 16.7 Å². The van der Waals surface area contributed by atoms with Crippen LogP contribution in [0.1, 0.15) is 42.8 Å². The number of aromatic nitrogens is 1. The number of halogens is 3. The molecule has 2 aromatic rings. The van der Waals surface area contributed by atoms with Gasteiger partial charge in [0.25, 0.3) is 0 Å². The second-order valence-corrected chi connectivity index (χ2v) is 8.88. The normalized spacial score (nSPS) is 12.8. The number of anilines is 1. The predicted molar refractivity (Wildman–Crippen MR) is 108 cm³/mol. The third-order valence-corrected chi connectivity index (χ3v) is 6.36. The highest BCUT2D eigenvalue weighted by molar-refractivity contribution is 8.00. The van der Waals surface area contributed by atoms with Crippen LogP contribution in [0.2, 0.25) is 0 Å². The number of hydrogen-bond donors (Lipinski definition) is 1. The number of alkyl halides is 3. The number of benzene rings is 1. The van der Waals surface area contributed by atoms with Crippen molar-refractivity contribution in [3.05, 3.63) is 40.8 Å². The molecule has 1 amide bonds. The number of nitrogens with zero attached hydrogens (tertiary/aromatic N) is 1. The molecule has 1 aromatic carbocycles. The zero-order valence-corrected chi connectivity index (χ0v) is 17.8. The quantitative estimate of drug-likeness (QED) is 0.513. The van der Waals surface area contributed by atoms with Crippen LogP contribution in [-0.2, 0) is 16.7 Å². The first-order chi connectivity index (χ1) is 13.1. The van der Waals surface area contributed by atoms with Gasteiger partial charge in [0.2, 0.25) is 5.91 Å². The van der Waals surface area contributed by atoms with Gasteiger partial charge in [0.05, 0.1) is 22.7 Å². The first-order valence-corrected chi connectivity index (χ1v) is 10.8. The van der Waals surface area contributed by atoms with Gasteiger partial charge in [-0.1, -0.05) is 19.0 Å². The lowest BCUT2D eigenvalue weighted by Crippen LogP contribution is -2.18. The van der Waals surface area contributed by atoms with E-state index in [1.165, 1.54) is 29.6 Å². The number of hydrogen-bond acceptors (Lipinski definition) is 5. The van der Waals surface area contributed by atoms with Gasteiger partial charge >= 0.3 is 6.18 Å². The van der Waals surface area contributed by atoms with Gasteiger partial charge in [0.1, 0.15) is 5.76 Å². The number of nitrogens with one attached hydrogen (secondary N) is 1. The van der Waals surface area contributed by atoms with E-state index in [2.05, 4.69) is 10.5 Å². The highest BCUT2D eigenvalue weighted by Crippen LogP contribution is 2.38. The number of amides is 1. The molecule has 1 aromatic heterocycles. The molecule has 0 radical (unpaired) electrons. The molecule has 154 valence electrons. The molecule has 0 aliphatic carbocycles. The number of carbonyl (C=O) groups is 1. The Morgan fingerprint density at radius 2 is 2.04 bits per heavy atom. The first kappa shape index (κ1) is 22.7. The molecule has 0 aliphatic rings. The Bertz CT molecular complexity index is 802. The summed E-state index contributed by atoms with van der Waals surface area (Å²) in [6.45, 7) is 7.53. The van der Waals surface area contributed by atoms with Crippen molar-refractivity contribution >= 4 is 35.1 Å². The van der Waals surface area contributed by atoms with Crippen LogP contribution in [0.3, 0.4) is 0 Å². The zero-order valence-electron chi connectivity index (χ0n) is 16.1. The fraction of sp³-hybridized carbons (Fsp3) is 0.474. The predicted octanol–water partition coefficient (Wildman–Crippen LogP) is 6.07. The van der Waals surface area contributed by atoms with E-state index >= 15 is 0 Å². The van der Waals surface area contributed by atoms with Gasteiger partial charge < -0.3 is 9.84 Å². The van der Waals surface area contributed by atoms with Gasteiger partial charge in [-0.25, -0.2) is 0 Å². The fourth-order valence-electron chi connectivity index (χ4n) is 2.40. The van der Waals surface area contributed by atoms with Crippen LogP contribution < -0.4 is 5.32 Å². The molecule has 0 fully saturated rings. The van der Waals surface area contributed by atoms with Crippen molar-refractivity contribution in [1.82, 2.24) is 5.16 Å². The number of thioether (sulfide) groups is 2. The van der Waals surface area contributed by atoms with Crippen LogP contribution >= 0.6 is 23.5 Å². The maximum absolute atomic E-state index is 13.4. The molecule has 9 heteroatoms. The van der Waals surface area contributed by atoms with Crippen molar-refractivity contribution in [2.24, 2.45) is 0 Å². The third kappa shape index (κ3) is 6.20. The molecule has 4 nitrogen and oxygen atoms in total. The zero-order chi connectivity index (χ0) is 20.9. The summed E-state index contributed by atoms with van der Waals surface area (Å²) in [6.07, 6.45) is -3.69. The summed E-state index contributed by atoms with van der Waals surface area (Å²) < 4.78 is 45.4. The van der Waals surface area contributed by atoms with Gasteiger partial charge in [-0.3, -0.25) is 4.79 Å². The Morgan fingerprint density at radius 3 is 2.61 bits per heavy atom. The van der Waals surface area contributed by atoms with Crippen molar-refractivity contribution in [3.63, 3.8) is 0 Å². The SMILES string of the molecule is CCC(C)Sc1ccc(NC(=O)CSCc2c(C)noc2C)c(C(F)(F)F)c1. The van der Waals surface area contributed by atoms with Crippen LogP contribution in [0, 0.1) is 13.8 Å². The molecule has 2 rings (SSSR count). The van der Waals surface area contributed by atoms with Crippen molar-refractivity contribution in [1.29, 1.82) is 0 Å². The average Bonchev–Trinajstić information content (AvgIpc) is 2.94. The van der Waals surface area contributed by atoms with Crippen molar-refractivity contribution in [2.75, 3.05) is 11.1 Å². The lowest BCUT2D eigenvalue weighted by Gasteiger charge is -2.16. The highest BCUT2D eigenvalue weighted by Gasteiger charge is 2.34. The number of carbonyl (C=O) groups excluding carboxylic acids is 1. The molecule has 0 bridgehead atoms. The van der Waals surface area contributed by atoms with Crippen LogP contribution in [0.4, 0.5) is 18.9 Å². The van der Waals surface area contributed by atoms with Gasteiger partial charge in [-0.15, -0.1) is 23.5 Å². The maximum Gasteiger partial charge on any atom is 0.418 e. The molecule has 0 saturated heterocycles. The Hall–Kier alpha value is -1.61. The second-order valence-electron chi connectivity index (χ2n) is 6.39. The van der Waals surface area contributed by atoms with Gasteiger partial charge in [0, 0.05) is 21.5 Å². The molecule has 0 aliphatic heterocycles. The molecule has 0 spiro atoms. The Morgan fingerprint density at radius 1 is 1.32 bits per heavy atom. The molecule has 1 unspecified atom stereocenters. The van der Waals surface area contributed by atoms with E-state index in [9.17, 15) is 18.0 Å². The number of rotatable bonds is 8. The Labute approximate surface area is 171 Å². The Kier molecular flexibility index (Phi) is 7.88. The van der Waals surface area contributed by atoms with E-state index < -0.39 is 17.6 Å². The summed E-state index contributed by atoms with van der Waals surface area (Å²) in [5.41, 5.74) is 0.605. The van der Waals surface area contributed by atoms with Crippen LogP contribution in [0.25, 0.3) is 0 Å². The maximum atomic E-state index is 13.4. The van der Waals surface area contributed by atoms with E-state index in [4.69, 9.17) is 4.52 Å². The summed E-state index contributed by atoms with van der Waals surface area (Å²) in [5.74, 6) is 0.736. The van der Waals surface area contributed by atoms with Gasteiger partial charge in [-0.05, 0) is 38.5 Å². The molecular weight excluding hydrogens is 409 g/mol. The summed E-state index contributed by atoms with van der Waals surface area (Å²) in [6, 6.07) is 4.03. The first-order valence-electron chi connectivity index (χ1n) is 8.79. The topological polar surface area (TPSA) is 55.1 Å². The lowest BCUT2D eigenvalue weighted by molar-refractivity contribution is -0.137. The molecule has 1 atom stereocenters. The molecular formula is C19H23F3N2O2S2. The second kappa shape index (κ2) is 9.73. The van der Waals surface area contributed by atoms with E-state index in [1.807, 2.05) is 13.8 Å². The van der Waals surface area contributed by atoms with Crippen molar-refractivity contribution in [3.8, 4) is 0 Å². The summed E-state index contributed by atoms with van der Waals surface area (Å²) in [5, 5.41) is 6.44. The fourth-order valence-corrected chi connectivity index (χ4v) is 4.34. The lowest BCUT2D eigenvalue weighted by atomic mass is 10.1. The molecule has 1 heterocycles. The standard InChI is InChI=1S/C19H23F3N2O2S2/c1-5-11(2)28-14-6-7-17(16(8-14)19(20,21)22)23-18(25)10-27-9-15-12(3)24-26-13(15)4/h6-8,11H,5,9-10H2,1-4H3,(H,23,25). The minimum atomic E-state index is -4.54. The largest absolute Gasteiger partial charge is 0.418 e. The van der Waals surface area contributed by atoms with Crippen LogP contribution in [0.15, 0.2) is 27.6 Å². The van der Waals surface area contributed by atoms with Gasteiger partial charge in [-0.2, -0.15) is 13.2 Å². The smallest absolute Gasteiger partial charge is 0.361 e. The van der Waals surface area contributed by atoms with Crippen molar-refractivity contribution < 1.29 is 22.5 Å². The van der Waals surface area contributed by atoms with Gasteiger partial charge in [0.15, 0.2) is 0 Å². The summed E-state index contributed by atoms with van der Waals surface area (Å²) >= 11 is 2.68. The summed E-state index contributed by atoms with van der Waals surface area (Å²) in [7, 11) is 0. The van der Waals surface area contributed by atoms with E-state index in [0.29, 0.717) is 16.4 Å². The third-order valence-electron chi connectivity index (χ3n) is 4.14. The minimum Gasteiger partial charge on any atom is -0.361 e.